The van der Waals surface area contributed by atoms with Crippen LogP contribution in [0.4, 0.5) is 21.0 Å². The quantitative estimate of drug-likeness (QED) is 0.251. The third-order valence-corrected chi connectivity index (χ3v) is 11.8. The van der Waals surface area contributed by atoms with E-state index >= 15 is 0 Å². The summed E-state index contributed by atoms with van der Waals surface area (Å²) in [4.78, 5) is 26.7. The van der Waals surface area contributed by atoms with E-state index in [1.165, 1.54) is 0 Å². The minimum Gasteiger partial charge on any atom is -0.445 e. The third kappa shape index (κ3) is 9.25. The highest BCUT2D eigenvalue weighted by Crippen LogP contribution is 2.43. The summed E-state index contributed by atoms with van der Waals surface area (Å²) in [6, 6.07) is 18.5. The van der Waals surface area contributed by atoms with Gasteiger partial charge in [-0.15, -0.1) is 0 Å². The van der Waals surface area contributed by atoms with Crippen molar-refractivity contribution in [2.45, 2.75) is 131 Å². The summed E-state index contributed by atoms with van der Waals surface area (Å²) in [6.45, 7) is 19.2. The van der Waals surface area contributed by atoms with Gasteiger partial charge in [-0.1, -0.05) is 98.7 Å². The lowest BCUT2D eigenvalue weighted by atomic mass is 9.76. The number of rotatable bonds is 10. The smallest absolute Gasteiger partial charge is 0.412 e. The van der Waals surface area contributed by atoms with Crippen molar-refractivity contribution in [3.05, 3.63) is 60.7 Å². The molecule has 2 amide bonds. The fourth-order valence-corrected chi connectivity index (χ4v) is 8.35. The zero-order valence-electron chi connectivity index (χ0n) is 31.8. The second-order valence-corrected chi connectivity index (χ2v) is 15.3. The van der Waals surface area contributed by atoms with Crippen LogP contribution >= 0.6 is 0 Å². The molecule has 2 heterocycles. The van der Waals surface area contributed by atoms with Crippen molar-refractivity contribution in [3.63, 3.8) is 0 Å². The molecule has 3 fully saturated rings. The average molecular weight is 709 g/mol. The first kappa shape index (κ1) is 39.0. The van der Waals surface area contributed by atoms with Crippen LogP contribution in [0.1, 0.15) is 81.6 Å². The highest BCUT2D eigenvalue weighted by molar-refractivity contribution is 5.85. The molecule has 0 bridgehead atoms. The molecule has 3 aliphatic rings. The number of amides is 2. The number of benzene rings is 2. The first-order chi connectivity index (χ1) is 24.4. The summed E-state index contributed by atoms with van der Waals surface area (Å²) in [6.07, 6.45) is -2.35. The topological polar surface area (TPSA) is 114 Å². The molecular weight excluding hydrogens is 648 g/mol. The molecule has 7 unspecified atom stereocenters. The lowest BCUT2D eigenvalue weighted by Crippen LogP contribution is -2.60. The maximum absolute atomic E-state index is 13.6. The van der Waals surface area contributed by atoms with Gasteiger partial charge in [0.05, 0.1) is 12.2 Å². The van der Waals surface area contributed by atoms with Crippen molar-refractivity contribution < 1.29 is 38.0 Å². The number of para-hydroxylation sites is 2. The zero-order valence-corrected chi connectivity index (χ0v) is 31.8. The van der Waals surface area contributed by atoms with Crippen LogP contribution in [0.3, 0.4) is 0 Å². The highest BCUT2D eigenvalue weighted by atomic mass is 16.7. The number of anilines is 2. The molecule has 5 rings (SSSR count). The predicted molar refractivity (Wildman–Crippen MR) is 197 cm³/mol. The van der Waals surface area contributed by atoms with Crippen LogP contribution in [0.15, 0.2) is 60.7 Å². The second-order valence-electron chi connectivity index (χ2n) is 15.3. The molecule has 0 radical (unpaired) electrons. The van der Waals surface area contributed by atoms with E-state index < -0.39 is 49.2 Å². The van der Waals surface area contributed by atoms with Gasteiger partial charge in [0.1, 0.15) is 18.3 Å². The summed E-state index contributed by atoms with van der Waals surface area (Å²) in [5.74, 6) is 0.584. The number of nitrogens with one attached hydrogen (secondary N) is 2. The van der Waals surface area contributed by atoms with Crippen LogP contribution in [0, 0.1) is 41.4 Å². The van der Waals surface area contributed by atoms with Crippen molar-refractivity contribution >= 4 is 23.6 Å². The van der Waals surface area contributed by atoms with Crippen molar-refractivity contribution in [2.75, 3.05) is 10.6 Å². The average Bonchev–Trinajstić information content (AvgIpc) is 3.11. The van der Waals surface area contributed by atoms with Gasteiger partial charge in [-0.25, -0.2) is 9.59 Å². The normalized spacial score (nSPS) is 38.3. The molecule has 2 aromatic carbocycles. The van der Waals surface area contributed by atoms with E-state index in [2.05, 4.69) is 59.1 Å². The van der Waals surface area contributed by atoms with E-state index in [0.29, 0.717) is 29.6 Å². The molecule has 2 aromatic rings. The number of carbonyl (C=O) groups excluding carboxylic acids is 2. The van der Waals surface area contributed by atoms with Crippen LogP contribution in [0.2, 0.25) is 0 Å². The van der Waals surface area contributed by atoms with Gasteiger partial charge in [0, 0.05) is 29.1 Å². The Balaban J connectivity index is 1.40. The number of ether oxygens (including phenoxy) is 6. The molecule has 2 saturated heterocycles. The molecule has 10 nitrogen and oxygen atoms in total. The zero-order chi connectivity index (χ0) is 36.8. The van der Waals surface area contributed by atoms with Gasteiger partial charge in [0.15, 0.2) is 18.7 Å². The van der Waals surface area contributed by atoms with E-state index in [-0.39, 0.29) is 41.8 Å². The van der Waals surface area contributed by atoms with Crippen LogP contribution in [-0.2, 0) is 28.4 Å². The Kier molecular flexibility index (Phi) is 13.4. The Morgan fingerprint density at radius 2 is 1.00 bits per heavy atom. The summed E-state index contributed by atoms with van der Waals surface area (Å²) in [7, 11) is 0. The number of carbonyl (C=O) groups is 2. The summed E-state index contributed by atoms with van der Waals surface area (Å²) < 4.78 is 39.5. The maximum atomic E-state index is 13.6. The maximum Gasteiger partial charge on any atom is 0.412 e. The molecular formula is C41H60N2O8. The SMILES string of the molecule is CCC1O[C@@H](OC2C(OC(=O)Nc3ccccc3)[C@H](O[C@@H]3OC(CC)[C@H](C)[C@H](C)C3C)[C@H](C)C[C@@H]2C)C(C)C(OC(=O)Nc2ccccc2)[C@H]1C. The molecule has 1 aliphatic carbocycles. The standard InChI is InChI=1S/C41H60N2O8/c1-10-32-26(6)25(5)27(7)38(46-32)48-34-23(3)22-24(4)35(37(34)51-41(45)43-31-20-16-13-17-21-31)49-39-29(9)36(28(8)33(11-2)47-39)50-40(44)42-30-18-14-12-15-19-30/h12-21,23-29,32-39H,10-11,22H2,1-9H3,(H,42,44)(H,43,45)/t23-,24+,25+,26-,27?,28+,29?,32?,33?,34-,35?,36?,37?,38+,39+/m1/s1. The Bertz CT molecular complexity index is 1390. The number of hydrogen-bond donors (Lipinski definition) is 2. The lowest BCUT2D eigenvalue weighted by molar-refractivity contribution is -0.320. The molecule has 2 N–H and O–H groups in total. The third-order valence-electron chi connectivity index (χ3n) is 11.8. The van der Waals surface area contributed by atoms with Crippen LogP contribution in [0.5, 0.6) is 0 Å². The van der Waals surface area contributed by atoms with Gasteiger partial charge < -0.3 is 28.4 Å². The monoisotopic (exact) mass is 708 g/mol. The molecule has 282 valence electrons. The van der Waals surface area contributed by atoms with E-state index in [1.54, 1.807) is 0 Å². The summed E-state index contributed by atoms with van der Waals surface area (Å²) >= 11 is 0. The molecule has 0 spiro atoms. The molecule has 1 saturated carbocycles. The Morgan fingerprint density at radius 3 is 1.47 bits per heavy atom. The first-order valence-electron chi connectivity index (χ1n) is 19.1. The molecule has 2 aliphatic heterocycles. The Labute approximate surface area is 304 Å². The lowest BCUT2D eigenvalue weighted by Gasteiger charge is -2.50. The van der Waals surface area contributed by atoms with Crippen molar-refractivity contribution in [1.29, 1.82) is 0 Å². The van der Waals surface area contributed by atoms with Crippen molar-refractivity contribution in [3.8, 4) is 0 Å². The van der Waals surface area contributed by atoms with Gasteiger partial charge in [0.25, 0.3) is 0 Å². The summed E-state index contributed by atoms with van der Waals surface area (Å²) in [5.41, 5.74) is 1.29. The van der Waals surface area contributed by atoms with Crippen molar-refractivity contribution in [2.24, 2.45) is 41.4 Å². The van der Waals surface area contributed by atoms with E-state index in [9.17, 15) is 9.59 Å². The van der Waals surface area contributed by atoms with Crippen LogP contribution < -0.4 is 10.6 Å². The second kappa shape index (κ2) is 17.6. The van der Waals surface area contributed by atoms with E-state index in [4.69, 9.17) is 28.4 Å². The number of hydrogen-bond acceptors (Lipinski definition) is 8. The van der Waals surface area contributed by atoms with Gasteiger partial charge in [-0.3, -0.25) is 10.6 Å². The van der Waals surface area contributed by atoms with Gasteiger partial charge in [-0.2, -0.15) is 0 Å². The minimum absolute atomic E-state index is 0.00242. The van der Waals surface area contributed by atoms with E-state index in [1.807, 2.05) is 74.5 Å². The largest absolute Gasteiger partial charge is 0.445 e. The summed E-state index contributed by atoms with van der Waals surface area (Å²) in [5, 5.41) is 5.73. The Hall–Kier alpha value is -3.18. The van der Waals surface area contributed by atoms with Crippen LogP contribution in [-0.4, -0.2) is 61.4 Å². The van der Waals surface area contributed by atoms with Gasteiger partial charge in [-0.05, 0) is 67.2 Å². The Morgan fingerprint density at radius 1 is 0.569 bits per heavy atom. The van der Waals surface area contributed by atoms with Crippen LogP contribution in [0.25, 0.3) is 0 Å². The predicted octanol–water partition coefficient (Wildman–Crippen LogP) is 9.12. The molecule has 15 atom stereocenters. The van der Waals surface area contributed by atoms with Gasteiger partial charge >= 0.3 is 12.2 Å². The first-order valence-corrected chi connectivity index (χ1v) is 19.1. The molecule has 10 heteroatoms. The molecule has 0 aromatic heterocycles. The van der Waals surface area contributed by atoms with E-state index in [0.717, 1.165) is 12.8 Å². The van der Waals surface area contributed by atoms with Gasteiger partial charge in [0.2, 0.25) is 0 Å². The fourth-order valence-electron chi connectivity index (χ4n) is 8.35. The molecule has 51 heavy (non-hydrogen) atoms. The minimum atomic E-state index is -0.769. The van der Waals surface area contributed by atoms with Crippen molar-refractivity contribution in [1.82, 2.24) is 0 Å². The highest BCUT2D eigenvalue weighted by Gasteiger charge is 2.52. The fraction of sp³-hybridized carbons (Fsp3) is 0.659.